The molecular weight excluding hydrogens is 460 g/mol. The monoisotopic (exact) mass is 484 g/mol. The third-order valence-corrected chi connectivity index (χ3v) is 7.52. The molecule has 1 unspecified atom stereocenters. The number of thiazole rings is 1. The summed E-state index contributed by atoms with van der Waals surface area (Å²) in [7, 11) is 0. The summed E-state index contributed by atoms with van der Waals surface area (Å²) in [6.07, 6.45) is 0. The first-order chi connectivity index (χ1) is 16.7. The van der Waals surface area contributed by atoms with Crippen molar-refractivity contribution in [1.82, 2.24) is 4.98 Å². The number of fused-ring (bicyclic) bond motifs is 1. The summed E-state index contributed by atoms with van der Waals surface area (Å²) in [4.78, 5) is 32.9. The molecule has 35 heavy (non-hydrogen) atoms. The number of Topliss-reactive ketones (excluding diaryl/α,β-unsaturated/α-hetero) is 1. The quantitative estimate of drug-likeness (QED) is 0.216. The summed E-state index contributed by atoms with van der Waals surface area (Å²) in [6, 6.07) is 15.0. The summed E-state index contributed by atoms with van der Waals surface area (Å²) in [5.74, 6) is -1.68. The third-order valence-electron chi connectivity index (χ3n) is 6.50. The predicted octanol–water partition coefficient (Wildman–Crippen LogP) is 5.86. The van der Waals surface area contributed by atoms with Crippen LogP contribution in [-0.4, -0.2) is 26.9 Å². The molecular formula is C28H24N2O4S. The van der Waals surface area contributed by atoms with Crippen LogP contribution in [0.25, 0.3) is 16.0 Å². The van der Waals surface area contributed by atoms with Gasteiger partial charge in [0.25, 0.3) is 5.78 Å². The van der Waals surface area contributed by atoms with Gasteiger partial charge < -0.3 is 10.2 Å². The number of ketones is 1. The highest BCUT2D eigenvalue weighted by Crippen LogP contribution is 2.45. The maximum Gasteiger partial charge on any atom is 0.301 e. The fourth-order valence-corrected chi connectivity index (χ4v) is 5.48. The van der Waals surface area contributed by atoms with Crippen molar-refractivity contribution in [2.45, 2.75) is 33.7 Å². The molecule has 1 aliphatic rings. The molecule has 0 spiro atoms. The van der Waals surface area contributed by atoms with Crippen LogP contribution in [-0.2, 0) is 9.59 Å². The van der Waals surface area contributed by atoms with Crippen LogP contribution < -0.4 is 4.90 Å². The number of aliphatic hydroxyl groups is 1. The summed E-state index contributed by atoms with van der Waals surface area (Å²) in [5, 5.41) is 21.6. The van der Waals surface area contributed by atoms with Gasteiger partial charge in [0.2, 0.25) is 0 Å². The van der Waals surface area contributed by atoms with Crippen LogP contribution in [0.3, 0.4) is 0 Å². The molecule has 3 aromatic carbocycles. The molecule has 1 saturated heterocycles. The van der Waals surface area contributed by atoms with E-state index in [1.807, 2.05) is 52.0 Å². The molecule has 1 aliphatic heterocycles. The van der Waals surface area contributed by atoms with E-state index in [0.29, 0.717) is 16.3 Å². The summed E-state index contributed by atoms with van der Waals surface area (Å²) < 4.78 is 0.906. The topological polar surface area (TPSA) is 90.7 Å². The Kier molecular flexibility index (Phi) is 5.44. The summed E-state index contributed by atoms with van der Waals surface area (Å²) >= 11 is 1.33. The molecule has 0 radical (unpaired) electrons. The highest BCUT2D eigenvalue weighted by molar-refractivity contribution is 7.22. The first-order valence-corrected chi connectivity index (χ1v) is 12.0. The highest BCUT2D eigenvalue weighted by Gasteiger charge is 2.48. The number of carbonyl (C=O) groups is 2. The molecule has 1 atom stereocenters. The second kappa shape index (κ2) is 8.36. The fraction of sp³-hybridized carbons (Fsp3) is 0.179. The molecule has 176 valence electrons. The lowest BCUT2D eigenvalue weighted by Gasteiger charge is -2.23. The number of hydrogen-bond donors (Lipinski definition) is 2. The molecule has 1 fully saturated rings. The Morgan fingerprint density at radius 1 is 0.914 bits per heavy atom. The average molecular weight is 485 g/mol. The second-order valence-electron chi connectivity index (χ2n) is 8.98. The molecule has 0 aliphatic carbocycles. The molecule has 7 heteroatoms. The number of aryl methyl sites for hydroxylation is 4. The normalized spacial score (nSPS) is 17.5. The molecule has 2 heterocycles. The van der Waals surface area contributed by atoms with Crippen LogP contribution in [0.15, 0.2) is 60.2 Å². The first-order valence-electron chi connectivity index (χ1n) is 11.2. The van der Waals surface area contributed by atoms with Crippen LogP contribution in [0.1, 0.15) is 39.4 Å². The Morgan fingerprint density at radius 2 is 1.60 bits per heavy atom. The fourth-order valence-electron chi connectivity index (χ4n) is 4.41. The van der Waals surface area contributed by atoms with E-state index in [0.717, 1.165) is 32.5 Å². The van der Waals surface area contributed by atoms with Crippen molar-refractivity contribution < 1.29 is 19.8 Å². The van der Waals surface area contributed by atoms with Crippen LogP contribution in [0, 0.1) is 27.7 Å². The second-order valence-corrected chi connectivity index (χ2v) is 9.99. The molecule has 1 aromatic heterocycles. The minimum absolute atomic E-state index is 0.000932. The van der Waals surface area contributed by atoms with E-state index < -0.39 is 17.7 Å². The maximum atomic E-state index is 13.4. The number of aromatic hydroxyl groups is 1. The van der Waals surface area contributed by atoms with Crippen LogP contribution in [0.4, 0.5) is 5.13 Å². The zero-order chi connectivity index (χ0) is 25.0. The maximum absolute atomic E-state index is 13.4. The average Bonchev–Trinajstić information content (AvgIpc) is 3.33. The van der Waals surface area contributed by atoms with E-state index in [1.165, 1.54) is 28.4 Å². The van der Waals surface area contributed by atoms with Gasteiger partial charge in [-0.1, -0.05) is 41.2 Å². The first kappa shape index (κ1) is 22.8. The van der Waals surface area contributed by atoms with Crippen LogP contribution in [0.5, 0.6) is 5.75 Å². The van der Waals surface area contributed by atoms with Gasteiger partial charge in [-0.15, -0.1) is 0 Å². The van der Waals surface area contributed by atoms with Gasteiger partial charge in [0.15, 0.2) is 5.13 Å². The number of hydrogen-bond acceptors (Lipinski definition) is 6. The summed E-state index contributed by atoms with van der Waals surface area (Å²) in [6.45, 7) is 7.76. The highest BCUT2D eigenvalue weighted by atomic mass is 32.1. The van der Waals surface area contributed by atoms with Gasteiger partial charge >= 0.3 is 5.91 Å². The smallest absolute Gasteiger partial charge is 0.301 e. The van der Waals surface area contributed by atoms with Crippen molar-refractivity contribution in [2.24, 2.45) is 0 Å². The van der Waals surface area contributed by atoms with Gasteiger partial charge in [0.05, 0.1) is 21.8 Å². The zero-order valence-electron chi connectivity index (χ0n) is 19.8. The largest absolute Gasteiger partial charge is 0.508 e. The van der Waals surface area contributed by atoms with Crippen LogP contribution in [0.2, 0.25) is 0 Å². The van der Waals surface area contributed by atoms with Crippen molar-refractivity contribution in [2.75, 3.05) is 4.90 Å². The lowest BCUT2D eigenvalue weighted by atomic mass is 9.93. The Morgan fingerprint density at radius 3 is 2.31 bits per heavy atom. The molecule has 0 bridgehead atoms. The minimum Gasteiger partial charge on any atom is -0.508 e. The van der Waals surface area contributed by atoms with Gasteiger partial charge in [-0.25, -0.2) is 4.98 Å². The standard InChI is InChI=1S/C28H24N2O4S/c1-14-5-6-15(2)20(11-14)25(32)23-24(18-7-9-19(31)10-8-18)30(27(34)26(23)33)28-29-21-12-16(3)17(4)13-22(21)35-28/h5-13,24,31-32H,1-4H3/b25-23+. The SMILES string of the molecule is Cc1ccc(C)c(/C(O)=C2\C(=O)C(=O)N(c3nc4cc(C)c(C)cc4s3)C2c2ccc(O)cc2)c1. The number of amides is 1. The van der Waals surface area contributed by atoms with Gasteiger partial charge in [0.1, 0.15) is 11.5 Å². The van der Waals surface area contributed by atoms with E-state index in [9.17, 15) is 19.8 Å². The van der Waals surface area contributed by atoms with Crippen LogP contribution >= 0.6 is 11.3 Å². The number of nitrogens with zero attached hydrogens (tertiary/aromatic N) is 2. The van der Waals surface area contributed by atoms with E-state index in [1.54, 1.807) is 18.2 Å². The summed E-state index contributed by atoms with van der Waals surface area (Å²) in [5.41, 5.74) is 5.73. The third kappa shape index (κ3) is 3.78. The van der Waals surface area contributed by atoms with Gasteiger partial charge in [-0.3, -0.25) is 14.5 Å². The lowest BCUT2D eigenvalue weighted by molar-refractivity contribution is -0.132. The van der Waals surface area contributed by atoms with Crippen molar-refractivity contribution in [3.8, 4) is 5.75 Å². The Labute approximate surface area is 206 Å². The number of benzene rings is 3. The number of anilines is 1. The number of carbonyl (C=O) groups excluding carboxylic acids is 2. The molecule has 1 amide bonds. The Bertz CT molecular complexity index is 1510. The van der Waals surface area contributed by atoms with Crippen molar-refractivity contribution in [3.63, 3.8) is 0 Å². The van der Waals surface area contributed by atoms with E-state index in [-0.39, 0.29) is 17.1 Å². The zero-order valence-corrected chi connectivity index (χ0v) is 20.6. The number of rotatable bonds is 3. The van der Waals surface area contributed by atoms with Crippen molar-refractivity contribution >= 4 is 44.1 Å². The van der Waals surface area contributed by atoms with Gasteiger partial charge in [0, 0.05) is 5.56 Å². The number of phenols is 1. The Hall–Kier alpha value is -3.97. The number of aliphatic hydroxyl groups excluding tert-OH is 1. The number of phenolic OH excluding ortho intramolecular Hbond substituents is 1. The predicted molar refractivity (Wildman–Crippen MR) is 138 cm³/mol. The van der Waals surface area contributed by atoms with E-state index in [2.05, 4.69) is 0 Å². The Balaban J connectivity index is 1.76. The molecule has 6 nitrogen and oxygen atoms in total. The van der Waals surface area contributed by atoms with Gasteiger partial charge in [-0.2, -0.15) is 0 Å². The minimum atomic E-state index is -0.890. The van der Waals surface area contributed by atoms with Crippen molar-refractivity contribution in [1.29, 1.82) is 0 Å². The van der Waals surface area contributed by atoms with Crippen molar-refractivity contribution in [3.05, 3.63) is 93.6 Å². The van der Waals surface area contributed by atoms with E-state index in [4.69, 9.17) is 4.98 Å². The molecule has 5 rings (SSSR count). The number of aromatic nitrogens is 1. The molecule has 2 N–H and O–H groups in total. The molecule has 4 aromatic rings. The lowest BCUT2D eigenvalue weighted by Crippen LogP contribution is -2.29. The molecule has 0 saturated carbocycles. The van der Waals surface area contributed by atoms with E-state index >= 15 is 0 Å². The van der Waals surface area contributed by atoms with Gasteiger partial charge in [-0.05, 0) is 80.3 Å².